The van der Waals surface area contributed by atoms with Gasteiger partial charge in [-0.05, 0) is 117 Å². The van der Waals surface area contributed by atoms with Crippen LogP contribution in [-0.2, 0) is 24.7 Å². The molecule has 2 unspecified atom stereocenters. The number of thioether (sulfide) groups is 1. The molecule has 1 amide bonds. The summed E-state index contributed by atoms with van der Waals surface area (Å²) < 4.78 is 95.8. The minimum absolute atomic E-state index is 0.00864. The van der Waals surface area contributed by atoms with Crippen LogP contribution < -0.4 is 14.9 Å². The van der Waals surface area contributed by atoms with Crippen LogP contribution in [0, 0.1) is 23.7 Å². The largest absolute Gasteiger partial charge is 0.501 e. The lowest BCUT2D eigenvalue weighted by Gasteiger charge is -2.45. The van der Waals surface area contributed by atoms with Crippen molar-refractivity contribution in [2.75, 3.05) is 48.7 Å². The predicted molar refractivity (Wildman–Crippen MR) is 226 cm³/mol. The Labute approximate surface area is 355 Å². The number of nitrogens with zero attached hydrogens (tertiary/aromatic N) is 2. The molecule has 1 saturated heterocycles. The van der Waals surface area contributed by atoms with E-state index in [-0.39, 0.29) is 17.7 Å². The number of rotatable bonds is 15. The summed E-state index contributed by atoms with van der Waals surface area (Å²) in [7, 11) is -10.9. The number of aldehydes is 1. The standard InChI is InChI=1S/C42H52ClF3N4O6S3/c1-29-7-17-38(30-8-12-33(43)13-9-30)32(25-29)27-49-20-22-50(23-21-49)35-14-10-31(11-15-35)41(52)48-59(55,56)37-16-18-39(40(26-37)58(53,54)42(44,45)46)47-34(19-24-51)28-57-36-5-3-2-4-6-36/h2-6,10-11,14-16,18,24,26,29-30,32-34,38,47H,7-9,12-13,17,19-23,25,27-28H2,1H3,(H,48,52)/t29-,30?,32?,33?,34-,38?/m1/s1. The van der Waals surface area contributed by atoms with Crippen LogP contribution >= 0.6 is 23.4 Å². The summed E-state index contributed by atoms with van der Waals surface area (Å²) in [5.74, 6) is 2.08. The van der Waals surface area contributed by atoms with E-state index in [9.17, 15) is 39.6 Å². The van der Waals surface area contributed by atoms with E-state index in [1.54, 1.807) is 42.5 Å². The third-order valence-electron chi connectivity index (χ3n) is 12.0. The van der Waals surface area contributed by atoms with Gasteiger partial charge < -0.3 is 15.0 Å². The van der Waals surface area contributed by atoms with Gasteiger partial charge in [0.05, 0.1) is 10.6 Å². The van der Waals surface area contributed by atoms with E-state index in [1.807, 2.05) is 4.72 Å². The Morgan fingerprint density at radius 2 is 1.59 bits per heavy atom. The van der Waals surface area contributed by atoms with E-state index in [0.717, 1.165) is 86.0 Å². The van der Waals surface area contributed by atoms with E-state index in [1.165, 1.54) is 56.0 Å². The summed E-state index contributed by atoms with van der Waals surface area (Å²) in [6.45, 7) is 6.85. The molecular formula is C42H52ClF3N4O6S3. The van der Waals surface area contributed by atoms with Gasteiger partial charge in [-0.15, -0.1) is 23.4 Å². The highest BCUT2D eigenvalue weighted by Gasteiger charge is 2.48. The fraction of sp³-hybridized carbons (Fsp3) is 0.524. The molecule has 6 rings (SSSR count). The van der Waals surface area contributed by atoms with Crippen molar-refractivity contribution < 1.29 is 39.6 Å². The summed E-state index contributed by atoms with van der Waals surface area (Å²) in [6.07, 6.45) is 8.93. The first-order valence-corrected chi connectivity index (χ1v) is 24.5. The van der Waals surface area contributed by atoms with Crippen LogP contribution in [0.4, 0.5) is 24.5 Å². The number of amides is 1. The van der Waals surface area contributed by atoms with Gasteiger partial charge in [-0.25, -0.2) is 21.6 Å². The topological polar surface area (TPSA) is 133 Å². The van der Waals surface area contributed by atoms with Crippen LogP contribution in [0.5, 0.6) is 0 Å². The number of hydrogen-bond acceptors (Lipinski definition) is 10. The summed E-state index contributed by atoms with van der Waals surface area (Å²) in [4.78, 5) is 28.0. The number of anilines is 2. The molecule has 1 heterocycles. The fourth-order valence-electron chi connectivity index (χ4n) is 8.80. The molecule has 322 valence electrons. The van der Waals surface area contributed by atoms with E-state index in [0.29, 0.717) is 23.6 Å². The molecule has 1 aliphatic heterocycles. The number of piperazine rings is 1. The maximum atomic E-state index is 13.9. The lowest BCUT2D eigenvalue weighted by Crippen LogP contribution is -2.49. The molecule has 17 heteroatoms. The second kappa shape index (κ2) is 19.6. The van der Waals surface area contributed by atoms with Crippen molar-refractivity contribution >= 4 is 66.8 Å². The number of halogens is 4. The highest BCUT2D eigenvalue weighted by atomic mass is 35.5. The van der Waals surface area contributed by atoms with Crippen LogP contribution in [-0.4, -0.2) is 89.3 Å². The molecule has 2 N–H and O–H groups in total. The lowest BCUT2D eigenvalue weighted by molar-refractivity contribution is -0.107. The number of hydrogen-bond donors (Lipinski definition) is 2. The van der Waals surface area contributed by atoms with Crippen LogP contribution in [0.1, 0.15) is 68.6 Å². The second-order valence-electron chi connectivity index (χ2n) is 16.1. The van der Waals surface area contributed by atoms with Gasteiger partial charge in [0, 0.05) is 72.5 Å². The quantitative estimate of drug-likeness (QED) is 0.0874. The predicted octanol–water partition coefficient (Wildman–Crippen LogP) is 8.23. The molecule has 2 saturated carbocycles. The van der Waals surface area contributed by atoms with Gasteiger partial charge >= 0.3 is 5.51 Å². The van der Waals surface area contributed by atoms with Crippen LogP contribution in [0.25, 0.3) is 0 Å². The average molecular weight is 898 g/mol. The lowest BCUT2D eigenvalue weighted by atomic mass is 9.65. The molecule has 2 aliphatic carbocycles. The SMILES string of the molecule is C[C@@H]1CCC(C2CCC(Cl)CC2)C(CN2CCN(c3ccc(C(=O)NS(=O)(=O)c4ccc(N[C@H](CC=O)CSc5ccccc5)c(S(=O)(=O)C(F)(F)F)c4)cc3)CC2)C1. The van der Waals surface area contributed by atoms with E-state index in [2.05, 4.69) is 22.0 Å². The van der Waals surface area contributed by atoms with Gasteiger partial charge in [0.2, 0.25) is 0 Å². The Morgan fingerprint density at radius 1 is 0.915 bits per heavy atom. The average Bonchev–Trinajstić information content (AvgIpc) is 3.21. The van der Waals surface area contributed by atoms with Crippen molar-refractivity contribution in [2.24, 2.45) is 23.7 Å². The number of sulfonamides is 1. The zero-order chi connectivity index (χ0) is 42.4. The Morgan fingerprint density at radius 3 is 2.24 bits per heavy atom. The van der Waals surface area contributed by atoms with Crippen molar-refractivity contribution in [3.63, 3.8) is 0 Å². The molecule has 0 bridgehead atoms. The number of alkyl halides is 4. The number of nitrogens with one attached hydrogen (secondary N) is 2. The Kier molecular flexibility index (Phi) is 15.0. The fourth-order valence-corrected chi connectivity index (χ4v) is 12.0. The maximum Gasteiger partial charge on any atom is 0.501 e. The van der Waals surface area contributed by atoms with Crippen molar-refractivity contribution in [1.29, 1.82) is 0 Å². The summed E-state index contributed by atoms with van der Waals surface area (Å²) in [5.41, 5.74) is -5.46. The van der Waals surface area contributed by atoms with Gasteiger partial charge in [0.15, 0.2) is 0 Å². The summed E-state index contributed by atoms with van der Waals surface area (Å²) in [6, 6.07) is 16.7. The first kappa shape index (κ1) is 45.2. The molecule has 59 heavy (non-hydrogen) atoms. The van der Waals surface area contributed by atoms with Gasteiger partial charge in [-0.3, -0.25) is 9.69 Å². The number of sulfone groups is 1. The van der Waals surface area contributed by atoms with Crippen LogP contribution in [0.3, 0.4) is 0 Å². The van der Waals surface area contributed by atoms with Crippen molar-refractivity contribution in [2.45, 2.75) is 89.9 Å². The molecule has 0 aromatic heterocycles. The molecular weight excluding hydrogens is 845 g/mol. The van der Waals surface area contributed by atoms with Crippen LogP contribution in [0.15, 0.2) is 87.5 Å². The van der Waals surface area contributed by atoms with Crippen molar-refractivity contribution in [1.82, 2.24) is 9.62 Å². The normalized spacial score (nSPS) is 23.9. The molecule has 3 fully saturated rings. The molecule has 10 nitrogen and oxygen atoms in total. The minimum atomic E-state index is -6.08. The highest BCUT2D eigenvalue weighted by Crippen LogP contribution is 2.44. The summed E-state index contributed by atoms with van der Waals surface area (Å²) >= 11 is 7.73. The molecule has 3 aliphatic rings. The zero-order valence-electron chi connectivity index (χ0n) is 32.9. The number of carbonyl (C=O) groups excluding carboxylic acids is 2. The number of benzene rings is 3. The molecule has 4 atom stereocenters. The van der Waals surface area contributed by atoms with Gasteiger partial charge in [-0.2, -0.15) is 13.2 Å². The smallest absolute Gasteiger partial charge is 0.380 e. The van der Waals surface area contributed by atoms with E-state index < -0.39 is 52.8 Å². The molecule has 0 radical (unpaired) electrons. The Bertz CT molecular complexity index is 2110. The third-order valence-corrected chi connectivity index (χ3v) is 16.5. The Balaban J connectivity index is 1.09. The Hall–Kier alpha value is -3.31. The van der Waals surface area contributed by atoms with Gasteiger partial charge in [0.25, 0.3) is 25.8 Å². The zero-order valence-corrected chi connectivity index (χ0v) is 36.2. The first-order valence-electron chi connectivity index (χ1n) is 20.2. The molecule has 3 aromatic rings. The molecule has 3 aromatic carbocycles. The first-order chi connectivity index (χ1) is 28.0. The maximum absolute atomic E-state index is 13.9. The van der Waals surface area contributed by atoms with Crippen LogP contribution in [0.2, 0.25) is 0 Å². The van der Waals surface area contributed by atoms with E-state index >= 15 is 0 Å². The monoisotopic (exact) mass is 896 g/mol. The van der Waals surface area contributed by atoms with Gasteiger partial charge in [0.1, 0.15) is 11.2 Å². The second-order valence-corrected chi connectivity index (χ2v) is 21.4. The van der Waals surface area contributed by atoms with E-state index in [4.69, 9.17) is 11.6 Å². The van der Waals surface area contributed by atoms with Gasteiger partial charge in [-0.1, -0.05) is 31.5 Å². The number of carbonyl (C=O) groups is 2. The molecule has 0 spiro atoms. The third kappa shape index (κ3) is 11.5. The summed E-state index contributed by atoms with van der Waals surface area (Å²) in [5, 5.41) is 3.01. The highest BCUT2D eigenvalue weighted by molar-refractivity contribution is 7.99. The van der Waals surface area contributed by atoms with Crippen molar-refractivity contribution in [3.05, 3.63) is 78.4 Å². The minimum Gasteiger partial charge on any atom is -0.380 e. The van der Waals surface area contributed by atoms with Crippen molar-refractivity contribution in [3.8, 4) is 0 Å².